The van der Waals surface area contributed by atoms with E-state index in [2.05, 4.69) is 142 Å². The molecule has 534 valence electrons. The number of rotatable bonds is 67. The summed E-state index contributed by atoms with van der Waals surface area (Å²) in [7, 11) is -9.78. The highest BCUT2D eigenvalue weighted by atomic mass is 31.2. The van der Waals surface area contributed by atoms with Gasteiger partial charge < -0.3 is 34.2 Å². The molecule has 0 aromatic carbocycles. The molecule has 0 amide bonds. The topological polar surface area (TPSA) is 231 Å². The van der Waals surface area contributed by atoms with Gasteiger partial charge in [0, 0.05) is 19.3 Å². The number of phosphoric acid groups is 2. The van der Waals surface area contributed by atoms with Crippen molar-refractivity contribution in [3.8, 4) is 0 Å². The van der Waals surface area contributed by atoms with Crippen LogP contribution in [0, 0.1) is 0 Å². The summed E-state index contributed by atoms with van der Waals surface area (Å²) in [4.78, 5) is 58.4. The number of carbonyl (C=O) groups excluding carboxylic acids is 3. The number of allylic oxidation sites excluding steroid dienone is 20. The van der Waals surface area contributed by atoms with Crippen LogP contribution in [-0.4, -0.2) is 95.9 Å². The van der Waals surface area contributed by atoms with E-state index >= 15 is 0 Å². The van der Waals surface area contributed by atoms with Crippen molar-refractivity contribution in [3.05, 3.63) is 122 Å². The van der Waals surface area contributed by atoms with E-state index in [1.807, 2.05) is 0 Å². The van der Waals surface area contributed by atoms with E-state index < -0.39 is 91.5 Å². The first-order chi connectivity index (χ1) is 45.2. The molecule has 5 unspecified atom stereocenters. The summed E-state index contributed by atoms with van der Waals surface area (Å²) < 4.78 is 60.9. The Labute approximate surface area is 563 Å². The second-order valence-electron chi connectivity index (χ2n) is 23.6. The molecule has 16 nitrogen and oxygen atoms in total. The summed E-state index contributed by atoms with van der Waals surface area (Å²) in [6, 6.07) is 0. The highest BCUT2D eigenvalue weighted by Gasteiger charge is 2.29. The second-order valence-corrected chi connectivity index (χ2v) is 26.5. The van der Waals surface area contributed by atoms with Crippen LogP contribution in [0.4, 0.5) is 0 Å². The molecular weight excluding hydrogens is 1220 g/mol. The van der Waals surface area contributed by atoms with Crippen molar-refractivity contribution in [1.29, 1.82) is 0 Å². The van der Waals surface area contributed by atoms with Gasteiger partial charge >= 0.3 is 33.6 Å². The standard InChI is InChI=1S/C75H128O16P2/c1-4-7-10-13-16-19-22-24-26-28-30-32-33-34-35-37-39-40-42-44-47-49-52-55-58-61-73(78)85-64-70(76)65-87-92(81,82)88-66-71(77)67-89-93(83,84)90-69-72(91-75(80)63-60-57-54-51-46-21-18-15-12-9-6-3)68-86-74(79)62-59-56-53-50-48-45-43-41-38-36-31-29-27-25-23-20-17-14-11-8-5-2/h7-8,10-11,16-17,19-20,24-27,30-32,34-36,41,43,70-72,76-77H,4-6,9,12-15,18,21-23,28-29,33,37-40,42,44-69H2,1-3H3,(H,81,82)(H,83,84)/b10-7-,11-8-,19-16-,20-17-,26-24-,27-25-,32-30-,35-34-,36-31-,43-41-. The molecule has 5 atom stereocenters. The van der Waals surface area contributed by atoms with E-state index in [0.717, 1.165) is 154 Å². The van der Waals surface area contributed by atoms with Gasteiger partial charge in [-0.2, -0.15) is 0 Å². The molecular formula is C75H128O16P2. The SMILES string of the molecule is CC/C=C\C/C=C\C/C=C\C/C=C\C/C=C\CCCCCCCCCCCC(=O)OCC(O)COP(=O)(O)OCC(O)COP(=O)(O)OCC(COC(=O)CCCCCCC/C=C\C/C=C\C/C=C\C/C=C\C/C=C\CC)OC(=O)CCCCCCCCCCCCC. The summed E-state index contributed by atoms with van der Waals surface area (Å²) in [5, 5.41) is 20.6. The third-order valence-corrected chi connectivity index (χ3v) is 16.6. The molecule has 0 spiro atoms. The average Bonchev–Trinajstić information content (AvgIpc) is 3.64. The quantitative estimate of drug-likeness (QED) is 0.0146. The number of hydrogen-bond donors (Lipinski definition) is 4. The molecule has 0 aliphatic heterocycles. The molecule has 0 saturated heterocycles. The van der Waals surface area contributed by atoms with Gasteiger partial charge in [0.25, 0.3) is 0 Å². The Bertz CT molecular complexity index is 2180. The van der Waals surface area contributed by atoms with Crippen molar-refractivity contribution in [1.82, 2.24) is 0 Å². The summed E-state index contributed by atoms with van der Waals surface area (Å²) in [6.45, 7) is 2.41. The zero-order valence-electron chi connectivity index (χ0n) is 57.9. The zero-order chi connectivity index (χ0) is 68.1. The fraction of sp³-hybridized carbons (Fsp3) is 0.693. The number of aliphatic hydroxyl groups excluding tert-OH is 2. The van der Waals surface area contributed by atoms with Gasteiger partial charge in [-0.1, -0.05) is 271 Å². The molecule has 0 radical (unpaired) electrons. The molecule has 0 aliphatic carbocycles. The van der Waals surface area contributed by atoms with Crippen molar-refractivity contribution in [2.24, 2.45) is 0 Å². The Balaban J connectivity index is 4.54. The lowest BCUT2D eigenvalue weighted by Gasteiger charge is -2.21. The van der Waals surface area contributed by atoms with E-state index in [9.17, 15) is 43.5 Å². The van der Waals surface area contributed by atoms with Crippen LogP contribution in [0.15, 0.2) is 122 Å². The fourth-order valence-corrected chi connectivity index (χ4v) is 10.9. The lowest BCUT2D eigenvalue weighted by molar-refractivity contribution is -0.161. The molecule has 18 heteroatoms. The van der Waals surface area contributed by atoms with Crippen LogP contribution < -0.4 is 0 Å². The van der Waals surface area contributed by atoms with Crippen molar-refractivity contribution >= 4 is 33.6 Å². The Morgan fingerprint density at radius 1 is 0.312 bits per heavy atom. The van der Waals surface area contributed by atoms with Gasteiger partial charge in [0.2, 0.25) is 0 Å². The molecule has 0 fully saturated rings. The van der Waals surface area contributed by atoms with Gasteiger partial charge in [-0.3, -0.25) is 32.5 Å². The second kappa shape index (κ2) is 67.9. The molecule has 0 heterocycles. The van der Waals surface area contributed by atoms with Crippen LogP contribution in [0.1, 0.15) is 278 Å². The smallest absolute Gasteiger partial charge is 0.463 e. The van der Waals surface area contributed by atoms with Gasteiger partial charge in [-0.25, -0.2) is 9.13 Å². The predicted molar refractivity (Wildman–Crippen MR) is 380 cm³/mol. The molecule has 0 rings (SSSR count). The first-order valence-corrected chi connectivity index (χ1v) is 38.8. The van der Waals surface area contributed by atoms with Crippen molar-refractivity contribution in [2.45, 2.75) is 296 Å². The van der Waals surface area contributed by atoms with Gasteiger partial charge in [0.1, 0.15) is 25.4 Å². The Morgan fingerprint density at radius 2 is 0.570 bits per heavy atom. The van der Waals surface area contributed by atoms with E-state index in [-0.39, 0.29) is 19.3 Å². The number of esters is 3. The number of unbranched alkanes of at least 4 members (excludes halogenated alkanes) is 24. The van der Waals surface area contributed by atoms with Crippen LogP contribution in [-0.2, 0) is 55.8 Å². The maximum atomic E-state index is 12.9. The molecule has 93 heavy (non-hydrogen) atoms. The van der Waals surface area contributed by atoms with Crippen LogP contribution >= 0.6 is 15.6 Å². The van der Waals surface area contributed by atoms with Gasteiger partial charge in [-0.05, 0) is 109 Å². The van der Waals surface area contributed by atoms with E-state index in [4.69, 9.17) is 32.3 Å². The number of phosphoric ester groups is 2. The van der Waals surface area contributed by atoms with Gasteiger partial charge in [0.15, 0.2) is 6.10 Å². The summed E-state index contributed by atoms with van der Waals surface area (Å²) >= 11 is 0. The summed E-state index contributed by atoms with van der Waals surface area (Å²) in [6.07, 6.45) is 78.2. The third-order valence-electron chi connectivity index (χ3n) is 14.7. The maximum absolute atomic E-state index is 12.9. The number of carbonyl (C=O) groups is 3. The van der Waals surface area contributed by atoms with Crippen LogP contribution in [0.2, 0.25) is 0 Å². The normalized spacial score (nSPS) is 14.9. The Morgan fingerprint density at radius 3 is 0.903 bits per heavy atom. The number of aliphatic hydroxyl groups is 2. The van der Waals surface area contributed by atoms with Crippen LogP contribution in [0.25, 0.3) is 0 Å². The monoisotopic (exact) mass is 1350 g/mol. The highest BCUT2D eigenvalue weighted by molar-refractivity contribution is 7.47. The van der Waals surface area contributed by atoms with E-state index in [1.54, 1.807) is 0 Å². The molecule has 4 N–H and O–H groups in total. The largest absolute Gasteiger partial charge is 0.472 e. The van der Waals surface area contributed by atoms with Crippen molar-refractivity contribution in [3.63, 3.8) is 0 Å². The van der Waals surface area contributed by atoms with Crippen LogP contribution in [0.5, 0.6) is 0 Å². The summed E-state index contributed by atoms with van der Waals surface area (Å²) in [5.41, 5.74) is 0. The first kappa shape index (κ1) is 89.0. The van der Waals surface area contributed by atoms with Gasteiger partial charge in [-0.15, -0.1) is 0 Å². The van der Waals surface area contributed by atoms with Crippen molar-refractivity contribution < 1.29 is 75.8 Å². The average molecular weight is 1350 g/mol. The van der Waals surface area contributed by atoms with E-state index in [1.165, 1.54) is 64.2 Å². The Kier molecular flexibility index (Phi) is 65.0. The van der Waals surface area contributed by atoms with E-state index in [0.29, 0.717) is 19.3 Å². The Hall–Kier alpha value is -4.05. The lowest BCUT2D eigenvalue weighted by Crippen LogP contribution is -2.30. The summed E-state index contributed by atoms with van der Waals surface area (Å²) in [5.74, 6) is -1.60. The van der Waals surface area contributed by atoms with Crippen LogP contribution in [0.3, 0.4) is 0 Å². The molecule has 0 saturated carbocycles. The van der Waals surface area contributed by atoms with Crippen molar-refractivity contribution in [2.75, 3.05) is 39.6 Å². The van der Waals surface area contributed by atoms with Gasteiger partial charge in [0.05, 0.1) is 26.4 Å². The maximum Gasteiger partial charge on any atom is 0.472 e. The minimum Gasteiger partial charge on any atom is -0.463 e. The molecule has 0 aromatic rings. The molecule has 0 aromatic heterocycles. The fourth-order valence-electron chi connectivity index (χ4n) is 9.27. The minimum atomic E-state index is -4.93. The number of hydrogen-bond acceptors (Lipinski definition) is 14. The zero-order valence-corrected chi connectivity index (χ0v) is 59.7. The first-order valence-electron chi connectivity index (χ1n) is 35.8. The highest BCUT2D eigenvalue weighted by Crippen LogP contribution is 2.45. The number of ether oxygens (including phenoxy) is 3. The molecule has 0 bridgehead atoms. The third kappa shape index (κ3) is 69.1. The molecule has 0 aliphatic rings. The predicted octanol–water partition coefficient (Wildman–Crippen LogP) is 20.2. The minimum absolute atomic E-state index is 0.100. The lowest BCUT2D eigenvalue weighted by atomic mass is 10.1.